The Labute approximate surface area is 52.4 Å². The van der Waals surface area contributed by atoms with Crippen molar-refractivity contribution in [2.24, 2.45) is 0 Å². The summed E-state index contributed by atoms with van der Waals surface area (Å²) in [5.74, 6) is 0.128. The average Bonchev–Trinajstić information content (AvgIpc) is 2.17. The standard InChI is InChI=1S/C5H8N2O2/c8-2-1-7-4-5(9)3-6-7/h3-4,8-9H,1-2H2. The van der Waals surface area contributed by atoms with Crippen molar-refractivity contribution in [3.63, 3.8) is 0 Å². The first-order valence-electron chi connectivity index (χ1n) is 2.65. The molecule has 9 heavy (non-hydrogen) atoms. The maximum Gasteiger partial charge on any atom is 0.153 e. The Bertz CT molecular complexity index is 185. The number of rotatable bonds is 2. The summed E-state index contributed by atoms with van der Waals surface area (Å²) in [6, 6.07) is 0. The van der Waals surface area contributed by atoms with E-state index in [2.05, 4.69) is 5.10 Å². The first kappa shape index (κ1) is 6.10. The van der Waals surface area contributed by atoms with E-state index in [4.69, 9.17) is 10.2 Å². The van der Waals surface area contributed by atoms with Gasteiger partial charge >= 0.3 is 0 Å². The molecular weight excluding hydrogens is 120 g/mol. The zero-order chi connectivity index (χ0) is 6.69. The number of aliphatic hydroxyl groups is 1. The van der Waals surface area contributed by atoms with Crippen LogP contribution < -0.4 is 0 Å². The summed E-state index contributed by atoms with van der Waals surface area (Å²) in [6.45, 7) is 0.474. The van der Waals surface area contributed by atoms with Crippen LogP contribution in [0.1, 0.15) is 0 Å². The van der Waals surface area contributed by atoms with Crippen LogP contribution in [0.4, 0.5) is 0 Å². The van der Waals surface area contributed by atoms with Crippen LogP contribution in [0.5, 0.6) is 5.75 Å². The zero-order valence-electron chi connectivity index (χ0n) is 4.86. The number of hydrogen-bond acceptors (Lipinski definition) is 3. The quantitative estimate of drug-likeness (QED) is 0.568. The molecule has 4 heteroatoms. The Morgan fingerprint density at radius 3 is 2.89 bits per heavy atom. The van der Waals surface area contributed by atoms with Crippen molar-refractivity contribution in [1.82, 2.24) is 9.78 Å². The summed E-state index contributed by atoms with van der Waals surface area (Å²) < 4.78 is 1.47. The van der Waals surface area contributed by atoms with Crippen LogP contribution in [0.2, 0.25) is 0 Å². The molecule has 0 spiro atoms. The Morgan fingerprint density at radius 1 is 1.67 bits per heavy atom. The van der Waals surface area contributed by atoms with Crippen LogP contribution in [0.25, 0.3) is 0 Å². The molecule has 0 fully saturated rings. The lowest BCUT2D eigenvalue weighted by Gasteiger charge is -1.92. The van der Waals surface area contributed by atoms with Gasteiger partial charge in [0.2, 0.25) is 0 Å². The summed E-state index contributed by atoms with van der Waals surface area (Å²) in [4.78, 5) is 0. The minimum absolute atomic E-state index is 0.0428. The largest absolute Gasteiger partial charge is 0.505 e. The van der Waals surface area contributed by atoms with E-state index in [1.807, 2.05) is 0 Å². The summed E-state index contributed by atoms with van der Waals surface area (Å²) in [6.07, 6.45) is 2.78. The van der Waals surface area contributed by atoms with Crippen molar-refractivity contribution in [1.29, 1.82) is 0 Å². The van der Waals surface area contributed by atoms with Gasteiger partial charge in [-0.15, -0.1) is 0 Å². The van der Waals surface area contributed by atoms with E-state index >= 15 is 0 Å². The zero-order valence-corrected chi connectivity index (χ0v) is 4.86. The molecular formula is C5H8N2O2. The summed E-state index contributed by atoms with van der Waals surface area (Å²) in [5, 5.41) is 20.8. The second kappa shape index (κ2) is 2.50. The fourth-order valence-electron chi connectivity index (χ4n) is 0.577. The van der Waals surface area contributed by atoms with Crippen LogP contribution in [0.3, 0.4) is 0 Å². The predicted molar refractivity (Wildman–Crippen MR) is 31.0 cm³/mol. The van der Waals surface area contributed by atoms with E-state index in [9.17, 15) is 0 Å². The highest BCUT2D eigenvalue weighted by molar-refractivity contribution is 5.08. The van der Waals surface area contributed by atoms with E-state index < -0.39 is 0 Å². The molecule has 0 aromatic carbocycles. The average molecular weight is 128 g/mol. The minimum Gasteiger partial charge on any atom is -0.505 e. The first-order chi connectivity index (χ1) is 4.33. The van der Waals surface area contributed by atoms with E-state index in [0.29, 0.717) is 6.54 Å². The van der Waals surface area contributed by atoms with Crippen LogP contribution >= 0.6 is 0 Å². The molecule has 0 radical (unpaired) electrons. The molecule has 0 aliphatic carbocycles. The molecule has 50 valence electrons. The van der Waals surface area contributed by atoms with Crippen molar-refractivity contribution in [3.05, 3.63) is 12.4 Å². The third-order valence-electron chi connectivity index (χ3n) is 0.949. The number of aliphatic hydroxyl groups excluding tert-OH is 1. The highest BCUT2D eigenvalue weighted by atomic mass is 16.3. The van der Waals surface area contributed by atoms with Crippen molar-refractivity contribution in [2.45, 2.75) is 6.54 Å². The van der Waals surface area contributed by atoms with E-state index in [1.165, 1.54) is 17.1 Å². The molecule has 1 aromatic rings. The lowest BCUT2D eigenvalue weighted by molar-refractivity contribution is 0.269. The van der Waals surface area contributed by atoms with Gasteiger partial charge in [-0.3, -0.25) is 4.68 Å². The maximum absolute atomic E-state index is 8.71. The van der Waals surface area contributed by atoms with Gasteiger partial charge in [0.25, 0.3) is 0 Å². The van der Waals surface area contributed by atoms with E-state index in [-0.39, 0.29) is 12.4 Å². The molecule has 0 aliphatic heterocycles. The number of hydrogen-bond donors (Lipinski definition) is 2. The van der Waals surface area contributed by atoms with Crippen molar-refractivity contribution in [3.8, 4) is 5.75 Å². The normalized spacial score (nSPS) is 9.89. The van der Waals surface area contributed by atoms with E-state index in [0.717, 1.165) is 0 Å². The molecule has 4 nitrogen and oxygen atoms in total. The van der Waals surface area contributed by atoms with Crippen molar-refractivity contribution in [2.75, 3.05) is 6.61 Å². The number of aromatic hydroxyl groups is 1. The van der Waals surface area contributed by atoms with Crippen LogP contribution in [-0.2, 0) is 6.54 Å². The lowest BCUT2D eigenvalue weighted by atomic mass is 10.6. The van der Waals surface area contributed by atoms with E-state index in [1.54, 1.807) is 0 Å². The highest BCUT2D eigenvalue weighted by Gasteiger charge is 1.91. The van der Waals surface area contributed by atoms with Gasteiger partial charge in [-0.05, 0) is 0 Å². The molecule has 0 aliphatic rings. The van der Waals surface area contributed by atoms with Gasteiger partial charge in [0, 0.05) is 0 Å². The fraction of sp³-hybridized carbons (Fsp3) is 0.400. The monoisotopic (exact) mass is 128 g/mol. The topological polar surface area (TPSA) is 58.3 Å². The van der Waals surface area contributed by atoms with Crippen LogP contribution in [0, 0.1) is 0 Å². The smallest absolute Gasteiger partial charge is 0.153 e. The lowest BCUT2D eigenvalue weighted by Crippen LogP contribution is -2.01. The van der Waals surface area contributed by atoms with Gasteiger partial charge in [0.1, 0.15) is 0 Å². The third kappa shape index (κ3) is 1.43. The second-order valence-electron chi connectivity index (χ2n) is 1.69. The second-order valence-corrected chi connectivity index (χ2v) is 1.69. The van der Waals surface area contributed by atoms with Gasteiger partial charge in [-0.1, -0.05) is 0 Å². The van der Waals surface area contributed by atoms with Gasteiger partial charge in [0.15, 0.2) is 5.75 Å². The Kier molecular flexibility index (Phi) is 1.69. The molecule has 2 N–H and O–H groups in total. The molecule has 1 aromatic heterocycles. The highest BCUT2D eigenvalue weighted by Crippen LogP contribution is 2.02. The Morgan fingerprint density at radius 2 is 2.44 bits per heavy atom. The SMILES string of the molecule is OCCn1cc(O)cn1. The Hall–Kier alpha value is -1.03. The van der Waals surface area contributed by atoms with Gasteiger partial charge in [-0.25, -0.2) is 0 Å². The van der Waals surface area contributed by atoms with Crippen molar-refractivity contribution < 1.29 is 10.2 Å². The molecule has 0 saturated carbocycles. The molecule has 0 amide bonds. The molecule has 0 saturated heterocycles. The van der Waals surface area contributed by atoms with Gasteiger partial charge in [-0.2, -0.15) is 5.10 Å². The number of aromatic nitrogens is 2. The fourth-order valence-corrected chi connectivity index (χ4v) is 0.577. The molecule has 1 rings (SSSR count). The molecule has 1 heterocycles. The first-order valence-corrected chi connectivity index (χ1v) is 2.65. The summed E-state index contributed by atoms with van der Waals surface area (Å²) in [5.41, 5.74) is 0. The maximum atomic E-state index is 8.71. The molecule has 0 unspecified atom stereocenters. The summed E-state index contributed by atoms with van der Waals surface area (Å²) in [7, 11) is 0. The van der Waals surface area contributed by atoms with Crippen LogP contribution in [0.15, 0.2) is 12.4 Å². The summed E-state index contributed by atoms with van der Waals surface area (Å²) >= 11 is 0. The Balaban J connectivity index is 2.61. The molecule has 0 atom stereocenters. The van der Waals surface area contributed by atoms with Gasteiger partial charge in [0.05, 0.1) is 25.5 Å². The third-order valence-corrected chi connectivity index (χ3v) is 0.949. The van der Waals surface area contributed by atoms with Crippen LogP contribution in [-0.4, -0.2) is 26.6 Å². The van der Waals surface area contributed by atoms with Crippen molar-refractivity contribution >= 4 is 0 Å². The minimum atomic E-state index is 0.0428. The predicted octanol–water partition coefficient (Wildman–Crippen LogP) is -0.419. The number of nitrogens with zero attached hydrogens (tertiary/aromatic N) is 2. The molecule has 0 bridgehead atoms. The van der Waals surface area contributed by atoms with Gasteiger partial charge < -0.3 is 10.2 Å².